The number of thiazole rings is 1. The standard InChI is InChI=1S/C16H22N4OS/c1-12-8-17-19(9-12)10-15-5-3-4-6-20(15)16(21)7-14-11-22-13(2)18-14/h8-9,11,15H,3-7,10H2,1-2H3/t15-/m0/s1. The monoisotopic (exact) mass is 318 g/mol. The van der Waals surface area contributed by atoms with Crippen molar-refractivity contribution >= 4 is 17.2 Å². The SMILES string of the molecule is Cc1cnn(C[C@@H]2CCCCN2C(=O)Cc2csc(C)n2)c1. The van der Waals surface area contributed by atoms with Gasteiger partial charge in [0.2, 0.25) is 5.91 Å². The first-order chi connectivity index (χ1) is 10.6. The van der Waals surface area contributed by atoms with Crippen LogP contribution in [0.15, 0.2) is 17.8 Å². The summed E-state index contributed by atoms with van der Waals surface area (Å²) in [6.07, 6.45) is 7.66. The smallest absolute Gasteiger partial charge is 0.228 e. The Morgan fingerprint density at radius 1 is 1.41 bits per heavy atom. The second kappa shape index (κ2) is 6.60. The van der Waals surface area contributed by atoms with E-state index >= 15 is 0 Å². The summed E-state index contributed by atoms with van der Waals surface area (Å²) in [7, 11) is 0. The topological polar surface area (TPSA) is 51.0 Å². The van der Waals surface area contributed by atoms with Crippen LogP contribution in [0, 0.1) is 13.8 Å². The second-order valence-electron chi connectivity index (χ2n) is 6.01. The van der Waals surface area contributed by atoms with E-state index in [4.69, 9.17) is 0 Å². The van der Waals surface area contributed by atoms with Crippen LogP contribution in [0.25, 0.3) is 0 Å². The molecule has 1 fully saturated rings. The molecule has 1 amide bonds. The molecule has 0 aromatic carbocycles. The van der Waals surface area contributed by atoms with Crippen LogP contribution in [0.1, 0.15) is 35.5 Å². The van der Waals surface area contributed by atoms with Crippen LogP contribution < -0.4 is 0 Å². The average Bonchev–Trinajstić information content (AvgIpc) is 3.08. The van der Waals surface area contributed by atoms with Gasteiger partial charge in [-0.25, -0.2) is 4.98 Å². The number of amides is 1. The lowest BCUT2D eigenvalue weighted by molar-refractivity contribution is -0.134. The highest BCUT2D eigenvalue weighted by molar-refractivity contribution is 7.09. The molecule has 2 aromatic heterocycles. The molecule has 3 heterocycles. The van der Waals surface area contributed by atoms with Crippen molar-refractivity contribution in [2.45, 2.75) is 52.1 Å². The van der Waals surface area contributed by atoms with Crippen LogP contribution in [0.5, 0.6) is 0 Å². The Labute approximate surface area is 135 Å². The quantitative estimate of drug-likeness (QED) is 0.870. The van der Waals surface area contributed by atoms with Crippen molar-refractivity contribution in [3.8, 4) is 0 Å². The minimum Gasteiger partial charge on any atom is -0.338 e. The highest BCUT2D eigenvalue weighted by atomic mass is 32.1. The molecule has 0 radical (unpaired) electrons. The summed E-state index contributed by atoms with van der Waals surface area (Å²) in [5.41, 5.74) is 2.05. The lowest BCUT2D eigenvalue weighted by Gasteiger charge is -2.35. The van der Waals surface area contributed by atoms with Crippen molar-refractivity contribution in [2.24, 2.45) is 0 Å². The van der Waals surface area contributed by atoms with Gasteiger partial charge in [0.05, 0.1) is 35.9 Å². The van der Waals surface area contributed by atoms with Crippen LogP contribution in [0.4, 0.5) is 0 Å². The molecule has 1 aliphatic rings. The third-order valence-corrected chi connectivity index (χ3v) is 4.93. The van der Waals surface area contributed by atoms with Crippen molar-refractivity contribution in [2.75, 3.05) is 6.54 Å². The lowest BCUT2D eigenvalue weighted by Crippen LogP contribution is -2.46. The van der Waals surface area contributed by atoms with Crippen molar-refractivity contribution in [1.82, 2.24) is 19.7 Å². The summed E-state index contributed by atoms with van der Waals surface area (Å²) < 4.78 is 1.96. The van der Waals surface area contributed by atoms with E-state index in [0.717, 1.165) is 42.2 Å². The Kier molecular flexibility index (Phi) is 4.57. The van der Waals surface area contributed by atoms with Gasteiger partial charge in [-0.3, -0.25) is 9.48 Å². The van der Waals surface area contributed by atoms with Crippen LogP contribution in [0.3, 0.4) is 0 Å². The molecule has 0 unspecified atom stereocenters. The van der Waals surface area contributed by atoms with Crippen molar-refractivity contribution < 1.29 is 4.79 Å². The van der Waals surface area contributed by atoms with Gasteiger partial charge in [-0.05, 0) is 38.7 Å². The molecule has 1 saturated heterocycles. The van der Waals surface area contributed by atoms with Gasteiger partial charge in [-0.15, -0.1) is 11.3 Å². The van der Waals surface area contributed by atoms with Gasteiger partial charge in [-0.1, -0.05) is 0 Å². The van der Waals surface area contributed by atoms with Gasteiger partial charge in [0.25, 0.3) is 0 Å². The van der Waals surface area contributed by atoms with Gasteiger partial charge >= 0.3 is 0 Å². The van der Waals surface area contributed by atoms with Crippen molar-refractivity contribution in [3.05, 3.63) is 34.0 Å². The Morgan fingerprint density at radius 3 is 2.95 bits per heavy atom. The Hall–Kier alpha value is -1.69. The van der Waals surface area contributed by atoms with Crippen LogP contribution in [-0.2, 0) is 17.8 Å². The summed E-state index contributed by atoms with van der Waals surface area (Å²) in [6, 6.07) is 0.250. The van der Waals surface area contributed by atoms with E-state index in [9.17, 15) is 4.79 Å². The van der Waals surface area contributed by atoms with E-state index in [1.165, 1.54) is 6.42 Å². The molecule has 0 bridgehead atoms. The van der Waals surface area contributed by atoms with E-state index in [2.05, 4.69) is 10.1 Å². The zero-order chi connectivity index (χ0) is 15.5. The molecule has 0 saturated carbocycles. The molecule has 5 nitrogen and oxygen atoms in total. The summed E-state index contributed by atoms with van der Waals surface area (Å²) in [5.74, 6) is 0.193. The van der Waals surface area contributed by atoms with Gasteiger partial charge in [-0.2, -0.15) is 5.10 Å². The van der Waals surface area contributed by atoms with Gasteiger partial charge in [0.15, 0.2) is 0 Å². The molecule has 1 atom stereocenters. The number of rotatable bonds is 4. The van der Waals surface area contributed by atoms with E-state index in [1.807, 2.05) is 41.2 Å². The number of hydrogen-bond acceptors (Lipinski definition) is 4. The summed E-state index contributed by atoms with van der Waals surface area (Å²) in [5, 5.41) is 7.37. The maximum atomic E-state index is 12.6. The molecule has 3 rings (SSSR count). The highest BCUT2D eigenvalue weighted by Gasteiger charge is 2.27. The number of aryl methyl sites for hydroxylation is 2. The van der Waals surface area contributed by atoms with Crippen LogP contribution in [0.2, 0.25) is 0 Å². The van der Waals surface area contributed by atoms with E-state index < -0.39 is 0 Å². The van der Waals surface area contributed by atoms with Gasteiger partial charge < -0.3 is 4.90 Å². The molecule has 1 aliphatic heterocycles. The molecule has 2 aromatic rings. The van der Waals surface area contributed by atoms with Crippen LogP contribution >= 0.6 is 11.3 Å². The predicted molar refractivity (Wildman–Crippen MR) is 86.9 cm³/mol. The number of nitrogens with zero attached hydrogens (tertiary/aromatic N) is 4. The molecule has 118 valence electrons. The fraction of sp³-hybridized carbons (Fsp3) is 0.562. The minimum absolute atomic E-state index is 0.193. The molecule has 0 spiro atoms. The summed E-state index contributed by atoms with van der Waals surface area (Å²) >= 11 is 1.60. The second-order valence-corrected chi connectivity index (χ2v) is 7.07. The van der Waals surface area contributed by atoms with Gasteiger partial charge in [0.1, 0.15) is 0 Å². The first-order valence-corrected chi connectivity index (χ1v) is 8.69. The first kappa shape index (κ1) is 15.2. The molecule has 22 heavy (non-hydrogen) atoms. The number of carbonyl (C=O) groups is 1. The fourth-order valence-corrected chi connectivity index (χ4v) is 3.66. The van der Waals surface area contributed by atoms with Crippen molar-refractivity contribution in [3.63, 3.8) is 0 Å². The maximum Gasteiger partial charge on any atom is 0.228 e. The largest absolute Gasteiger partial charge is 0.338 e. The Bertz CT molecular complexity index is 648. The Balaban J connectivity index is 1.67. The molecule has 0 aliphatic carbocycles. The highest BCUT2D eigenvalue weighted by Crippen LogP contribution is 2.20. The maximum absolute atomic E-state index is 12.6. The summed E-state index contributed by atoms with van der Waals surface area (Å²) in [4.78, 5) is 19.1. The van der Waals surface area contributed by atoms with Crippen molar-refractivity contribution in [1.29, 1.82) is 0 Å². The third kappa shape index (κ3) is 3.55. The molecular weight excluding hydrogens is 296 g/mol. The number of aromatic nitrogens is 3. The molecule has 0 N–H and O–H groups in total. The number of carbonyl (C=O) groups excluding carboxylic acids is 1. The number of piperidine rings is 1. The molecular formula is C16H22N4OS. The Morgan fingerprint density at radius 2 is 2.27 bits per heavy atom. The van der Waals surface area contributed by atoms with E-state index in [1.54, 1.807) is 11.3 Å². The van der Waals surface area contributed by atoms with Gasteiger partial charge in [0, 0.05) is 18.1 Å². The average molecular weight is 318 g/mol. The first-order valence-electron chi connectivity index (χ1n) is 7.81. The van der Waals surface area contributed by atoms with E-state index in [-0.39, 0.29) is 11.9 Å². The normalized spacial score (nSPS) is 18.6. The fourth-order valence-electron chi connectivity index (χ4n) is 3.05. The number of hydrogen-bond donors (Lipinski definition) is 0. The molecule has 6 heteroatoms. The van der Waals surface area contributed by atoms with Crippen LogP contribution in [-0.4, -0.2) is 38.2 Å². The summed E-state index contributed by atoms with van der Waals surface area (Å²) in [6.45, 7) is 5.66. The number of likely N-dealkylation sites (tertiary alicyclic amines) is 1. The minimum atomic E-state index is 0.193. The zero-order valence-corrected chi connectivity index (χ0v) is 14.0. The third-order valence-electron chi connectivity index (χ3n) is 4.11. The zero-order valence-electron chi connectivity index (χ0n) is 13.2. The predicted octanol–water partition coefficient (Wildman–Crippen LogP) is 2.58. The van der Waals surface area contributed by atoms with E-state index in [0.29, 0.717) is 6.42 Å². The lowest BCUT2D eigenvalue weighted by atomic mass is 10.0.